The van der Waals surface area contributed by atoms with Gasteiger partial charge in [-0.3, -0.25) is 0 Å². The van der Waals surface area contributed by atoms with Crippen molar-refractivity contribution >= 4 is 15.8 Å². The van der Waals surface area contributed by atoms with Crippen LogP contribution in [0.25, 0.3) is 0 Å². The fourth-order valence-corrected chi connectivity index (χ4v) is 9.12. The van der Waals surface area contributed by atoms with Gasteiger partial charge in [0, 0.05) is 41.7 Å². The predicted molar refractivity (Wildman–Crippen MR) is 123 cm³/mol. The Labute approximate surface area is 180 Å². The Balaban J connectivity index is 0. The predicted octanol–water partition coefficient (Wildman–Crippen LogP) is 7.01. The summed E-state index contributed by atoms with van der Waals surface area (Å²) in [6.07, 6.45) is 2.41. The molecule has 0 aliphatic rings. The number of methoxy groups -OCH3 is 1. The third-order valence-electron chi connectivity index (χ3n) is 4.95. The van der Waals surface area contributed by atoms with Gasteiger partial charge in [-0.05, 0) is 55.4 Å². The minimum atomic E-state index is -0.411. The van der Waals surface area contributed by atoms with Crippen LogP contribution in [0, 0.1) is 13.5 Å². The van der Waals surface area contributed by atoms with Gasteiger partial charge in [-0.15, -0.1) is 23.3 Å². The van der Waals surface area contributed by atoms with Gasteiger partial charge in [0.2, 0.25) is 0 Å². The molecule has 1 rings (SSSR count). The fourth-order valence-electron chi connectivity index (χ4n) is 3.56. The van der Waals surface area contributed by atoms with Crippen LogP contribution < -0.4 is 4.74 Å². The van der Waals surface area contributed by atoms with Crippen molar-refractivity contribution in [2.75, 3.05) is 7.11 Å². The molecule has 0 N–H and O–H groups in total. The molecule has 0 spiro atoms. The van der Waals surface area contributed by atoms with Gasteiger partial charge < -0.3 is 12.2 Å². The van der Waals surface area contributed by atoms with E-state index in [2.05, 4.69) is 73.6 Å². The second-order valence-corrected chi connectivity index (χ2v) is 15.8. The maximum Gasteiger partial charge on any atom is 0.0743 e. The van der Waals surface area contributed by atoms with Gasteiger partial charge in [0.15, 0.2) is 0 Å². The molecule has 155 valence electrons. The summed E-state index contributed by atoms with van der Waals surface area (Å²) in [7, 11) is 0.967. The summed E-state index contributed by atoms with van der Waals surface area (Å²) in [6, 6.07) is 8.21. The van der Waals surface area contributed by atoms with Gasteiger partial charge in [-0.2, -0.15) is 6.07 Å². The number of benzene rings is 1. The topological polar surface area (TPSA) is 9.23 Å². The molecule has 26 heavy (non-hydrogen) atoms. The summed E-state index contributed by atoms with van der Waals surface area (Å²) in [6.45, 7) is 19.1. The summed E-state index contributed by atoms with van der Waals surface area (Å²) in [5.41, 5.74) is 5.92. The van der Waals surface area contributed by atoms with Crippen molar-refractivity contribution in [3.63, 3.8) is 0 Å². The standard InChI is InChI=1S/C21H37OP2.CH3.Ir/c1-15(2)23(16(3)4)13-19-10-20(12-21(11-19)22-9)14-24(17(5)6)18(7)8;;/h11-12,15-18H,13-14H2,1-9H3;1H3;/q2*-1;/p+2. The molecular formula is C22H42IrOP2. The molecule has 1 nitrogen and oxygen atoms in total. The maximum absolute atomic E-state index is 5.60. The summed E-state index contributed by atoms with van der Waals surface area (Å²) >= 11 is 0. The Hall–Kier alpha value is 0.529. The van der Waals surface area contributed by atoms with Crippen molar-refractivity contribution in [1.82, 2.24) is 0 Å². The second kappa shape index (κ2) is 13.7. The minimum Gasteiger partial charge on any atom is -0.522 e. The van der Waals surface area contributed by atoms with Crippen LogP contribution in [0.1, 0.15) is 66.5 Å². The van der Waals surface area contributed by atoms with E-state index in [9.17, 15) is 0 Å². The molecule has 4 heteroatoms. The van der Waals surface area contributed by atoms with Crippen molar-refractivity contribution in [3.05, 3.63) is 36.8 Å². The summed E-state index contributed by atoms with van der Waals surface area (Å²) in [5, 5.41) is 0. The van der Waals surface area contributed by atoms with Crippen LogP contribution in [0.3, 0.4) is 0 Å². The molecule has 0 amide bonds. The first-order valence-corrected chi connectivity index (χ1v) is 13.2. The van der Waals surface area contributed by atoms with Crippen LogP contribution in [0.5, 0.6) is 5.75 Å². The van der Waals surface area contributed by atoms with E-state index < -0.39 is 15.8 Å². The molecule has 0 aliphatic heterocycles. The molecule has 0 atom stereocenters. The number of hydrogen-bond acceptors (Lipinski definition) is 1. The van der Waals surface area contributed by atoms with E-state index in [1.165, 1.54) is 23.5 Å². The molecule has 0 heterocycles. The molecule has 0 aliphatic carbocycles. The Kier molecular flexibility index (Phi) is 15.1. The monoisotopic (exact) mass is 577 g/mol. The van der Waals surface area contributed by atoms with Crippen molar-refractivity contribution in [2.24, 2.45) is 0 Å². The zero-order chi connectivity index (χ0) is 18.4. The maximum atomic E-state index is 5.60. The minimum absolute atomic E-state index is 0. The van der Waals surface area contributed by atoms with Crippen LogP contribution >= 0.6 is 15.8 Å². The molecular weight excluding hydrogens is 534 g/mol. The molecule has 0 saturated heterocycles. The molecule has 0 aromatic heterocycles. The summed E-state index contributed by atoms with van der Waals surface area (Å²) in [5.74, 6) is 1.02. The first-order chi connectivity index (χ1) is 11.1. The fraction of sp³-hybridized carbons (Fsp3) is 0.682. The smallest absolute Gasteiger partial charge is 0.0743 e. The number of ether oxygens (including phenoxy) is 1. The zero-order valence-electron chi connectivity index (χ0n) is 18.6. The van der Waals surface area contributed by atoms with Gasteiger partial charge >= 0.3 is 0 Å². The Morgan fingerprint density at radius 3 is 1.31 bits per heavy atom. The first-order valence-electron chi connectivity index (χ1n) is 9.45. The van der Waals surface area contributed by atoms with Crippen LogP contribution in [0.15, 0.2) is 12.1 Å². The Morgan fingerprint density at radius 1 is 0.769 bits per heavy atom. The van der Waals surface area contributed by atoms with Gasteiger partial charge in [0.1, 0.15) is 0 Å². The normalized spacial score (nSPS) is 11.5. The van der Waals surface area contributed by atoms with E-state index in [0.29, 0.717) is 0 Å². The van der Waals surface area contributed by atoms with Gasteiger partial charge in [-0.1, -0.05) is 0 Å². The van der Waals surface area contributed by atoms with Gasteiger partial charge in [0.25, 0.3) is 0 Å². The largest absolute Gasteiger partial charge is 0.522 e. The van der Waals surface area contributed by atoms with Crippen molar-refractivity contribution < 1.29 is 24.8 Å². The van der Waals surface area contributed by atoms with Crippen molar-refractivity contribution in [3.8, 4) is 5.75 Å². The van der Waals surface area contributed by atoms with E-state index in [0.717, 1.165) is 28.4 Å². The van der Waals surface area contributed by atoms with E-state index in [1.807, 2.05) is 0 Å². The average Bonchev–Trinajstić information content (AvgIpc) is 2.48. The number of hydrogen-bond donors (Lipinski definition) is 0. The summed E-state index contributed by atoms with van der Waals surface area (Å²) in [4.78, 5) is 0. The van der Waals surface area contributed by atoms with Crippen LogP contribution in [-0.4, -0.2) is 29.7 Å². The summed E-state index contributed by atoms with van der Waals surface area (Å²) < 4.78 is 5.60. The average molecular weight is 577 g/mol. The molecule has 1 aromatic rings. The molecule has 0 saturated carbocycles. The van der Waals surface area contributed by atoms with Crippen molar-refractivity contribution in [1.29, 1.82) is 0 Å². The second-order valence-electron chi connectivity index (χ2n) is 8.19. The molecule has 1 radical (unpaired) electrons. The van der Waals surface area contributed by atoms with Crippen LogP contribution in [-0.2, 0) is 32.4 Å². The van der Waals surface area contributed by atoms with Crippen LogP contribution in [0.4, 0.5) is 0 Å². The zero-order valence-corrected chi connectivity index (χ0v) is 23.0. The quantitative estimate of drug-likeness (QED) is 0.227. The first kappa shape index (κ1) is 28.7. The Bertz CT molecular complexity index is 445. The van der Waals surface area contributed by atoms with Gasteiger partial charge in [-0.25, -0.2) is 0 Å². The SMILES string of the molecule is COc1cc(C[PH+](C(C)C)C(C)C)[c-]c(C[PH+](C(C)C)C(C)C)c1.[CH3-].[Ir]. The van der Waals surface area contributed by atoms with Crippen LogP contribution in [0.2, 0.25) is 0 Å². The third kappa shape index (κ3) is 9.15. The third-order valence-corrected chi connectivity index (χ3v) is 12.5. The van der Waals surface area contributed by atoms with E-state index >= 15 is 0 Å². The molecule has 1 aromatic carbocycles. The molecule has 0 fully saturated rings. The number of rotatable bonds is 9. The van der Waals surface area contributed by atoms with E-state index in [-0.39, 0.29) is 27.5 Å². The van der Waals surface area contributed by atoms with Crippen molar-refractivity contribution in [2.45, 2.75) is 90.3 Å². The van der Waals surface area contributed by atoms with E-state index in [4.69, 9.17) is 4.74 Å². The Morgan fingerprint density at radius 2 is 1.08 bits per heavy atom. The molecule has 0 unspecified atom stereocenters. The van der Waals surface area contributed by atoms with Gasteiger partial charge in [0.05, 0.1) is 42.1 Å². The van der Waals surface area contributed by atoms with E-state index in [1.54, 1.807) is 7.11 Å². The molecule has 0 bridgehead atoms.